The second kappa shape index (κ2) is 7.18. The number of hydrogen-bond donors (Lipinski definition) is 1. The lowest BCUT2D eigenvalue weighted by atomic mass is 9.80. The molecule has 0 bridgehead atoms. The van der Waals surface area contributed by atoms with Crippen molar-refractivity contribution in [2.75, 3.05) is 32.8 Å². The third kappa shape index (κ3) is 5.43. The molecule has 0 aliphatic carbocycles. The number of nitrogens with zero attached hydrogens (tertiary/aromatic N) is 1. The molecule has 128 valence electrons. The molecule has 0 radical (unpaired) electrons. The molecule has 22 heavy (non-hydrogen) atoms. The fourth-order valence-corrected chi connectivity index (χ4v) is 3.02. The number of ether oxygens (including phenoxy) is 2. The van der Waals surface area contributed by atoms with Gasteiger partial charge in [-0.1, -0.05) is 6.92 Å². The zero-order chi connectivity index (χ0) is 16.2. The van der Waals surface area contributed by atoms with Crippen molar-refractivity contribution in [3.63, 3.8) is 0 Å². The fraction of sp³-hybridized carbons (Fsp3) is 0.941. The van der Waals surface area contributed by atoms with Gasteiger partial charge in [0, 0.05) is 32.3 Å². The fourth-order valence-electron chi connectivity index (χ4n) is 3.02. The van der Waals surface area contributed by atoms with Gasteiger partial charge in [-0.25, -0.2) is 4.79 Å². The van der Waals surface area contributed by atoms with E-state index in [1.54, 1.807) is 0 Å². The Hall–Kier alpha value is -0.810. The first-order valence-electron chi connectivity index (χ1n) is 8.57. The number of nitrogens with one attached hydrogen (secondary N) is 1. The highest BCUT2D eigenvalue weighted by atomic mass is 16.6. The summed E-state index contributed by atoms with van der Waals surface area (Å²) in [7, 11) is 0. The Morgan fingerprint density at radius 3 is 2.59 bits per heavy atom. The van der Waals surface area contributed by atoms with Crippen molar-refractivity contribution >= 4 is 6.09 Å². The normalized spacial score (nSPS) is 25.8. The smallest absolute Gasteiger partial charge is 0.410 e. The van der Waals surface area contributed by atoms with E-state index < -0.39 is 5.60 Å². The highest BCUT2D eigenvalue weighted by molar-refractivity contribution is 5.68. The van der Waals surface area contributed by atoms with Gasteiger partial charge in [0.2, 0.25) is 0 Å². The van der Waals surface area contributed by atoms with Gasteiger partial charge in [0.15, 0.2) is 0 Å². The number of hydrogen-bond acceptors (Lipinski definition) is 4. The molecular weight excluding hydrogens is 280 g/mol. The molecule has 5 heteroatoms. The van der Waals surface area contributed by atoms with Crippen molar-refractivity contribution < 1.29 is 14.3 Å². The highest BCUT2D eigenvalue weighted by Gasteiger charge is 2.34. The van der Waals surface area contributed by atoms with Gasteiger partial charge in [0.25, 0.3) is 0 Å². The summed E-state index contributed by atoms with van der Waals surface area (Å²) in [5.41, 5.74) is -0.156. The molecule has 5 nitrogen and oxygen atoms in total. The Labute approximate surface area is 134 Å². The third-order valence-electron chi connectivity index (χ3n) is 4.60. The minimum atomic E-state index is -0.416. The molecule has 2 fully saturated rings. The van der Waals surface area contributed by atoms with Gasteiger partial charge in [-0.05, 0) is 51.9 Å². The molecule has 2 heterocycles. The van der Waals surface area contributed by atoms with Gasteiger partial charge < -0.3 is 19.7 Å². The maximum absolute atomic E-state index is 12.1. The molecule has 2 aliphatic heterocycles. The van der Waals surface area contributed by atoms with Gasteiger partial charge in [-0.15, -0.1) is 0 Å². The molecule has 1 unspecified atom stereocenters. The summed E-state index contributed by atoms with van der Waals surface area (Å²) in [5, 5.41) is 3.65. The lowest BCUT2D eigenvalue weighted by Crippen LogP contribution is -2.49. The van der Waals surface area contributed by atoms with Crippen molar-refractivity contribution in [3.8, 4) is 0 Å². The van der Waals surface area contributed by atoms with Crippen molar-refractivity contribution in [1.29, 1.82) is 0 Å². The van der Waals surface area contributed by atoms with Gasteiger partial charge >= 0.3 is 6.09 Å². The Morgan fingerprint density at radius 1 is 1.36 bits per heavy atom. The molecule has 0 aromatic heterocycles. The zero-order valence-electron chi connectivity index (χ0n) is 14.6. The molecule has 2 rings (SSSR count). The first-order valence-corrected chi connectivity index (χ1v) is 8.57. The topological polar surface area (TPSA) is 50.8 Å². The molecule has 1 N–H and O–H groups in total. The van der Waals surface area contributed by atoms with E-state index in [4.69, 9.17) is 9.47 Å². The van der Waals surface area contributed by atoms with Crippen LogP contribution in [0.2, 0.25) is 0 Å². The largest absolute Gasteiger partial charge is 0.444 e. The number of amides is 1. The maximum Gasteiger partial charge on any atom is 0.410 e. The Kier molecular flexibility index (Phi) is 5.72. The molecule has 0 saturated carbocycles. The van der Waals surface area contributed by atoms with E-state index in [-0.39, 0.29) is 11.5 Å². The lowest BCUT2D eigenvalue weighted by Gasteiger charge is -2.40. The Balaban J connectivity index is 1.74. The van der Waals surface area contributed by atoms with E-state index in [0.717, 1.165) is 52.1 Å². The molecule has 1 atom stereocenters. The van der Waals surface area contributed by atoms with E-state index >= 15 is 0 Å². The quantitative estimate of drug-likeness (QED) is 0.870. The van der Waals surface area contributed by atoms with Crippen LogP contribution in [0.4, 0.5) is 4.79 Å². The zero-order valence-corrected chi connectivity index (χ0v) is 14.6. The standard InChI is InChI=1S/C17H32N2O3/c1-16(2,3)22-15(20)19-9-7-17(4,8-10-19)13-18-14-6-5-11-21-12-14/h14,18H,5-13H2,1-4H3. The van der Waals surface area contributed by atoms with E-state index in [9.17, 15) is 4.79 Å². The average Bonchev–Trinajstić information content (AvgIpc) is 2.45. The predicted octanol–water partition coefficient (Wildman–Crippen LogP) is 2.79. The number of carbonyl (C=O) groups excluding carboxylic acids is 1. The maximum atomic E-state index is 12.1. The predicted molar refractivity (Wildman–Crippen MR) is 87.0 cm³/mol. The van der Waals surface area contributed by atoms with E-state index in [0.29, 0.717) is 6.04 Å². The van der Waals surface area contributed by atoms with Crippen LogP contribution in [0.5, 0.6) is 0 Å². The molecule has 2 aliphatic rings. The molecule has 0 aromatic carbocycles. The summed E-state index contributed by atoms with van der Waals surface area (Å²) in [4.78, 5) is 13.9. The lowest BCUT2D eigenvalue weighted by molar-refractivity contribution is 0.0105. The minimum Gasteiger partial charge on any atom is -0.444 e. The number of carbonyl (C=O) groups is 1. The van der Waals surface area contributed by atoms with Crippen LogP contribution in [-0.2, 0) is 9.47 Å². The molecule has 0 aromatic rings. The molecular formula is C17H32N2O3. The number of piperidine rings is 1. The van der Waals surface area contributed by atoms with Crippen LogP contribution in [-0.4, -0.2) is 55.5 Å². The summed E-state index contributed by atoms with van der Waals surface area (Å²) in [6.07, 6.45) is 4.23. The van der Waals surface area contributed by atoms with Crippen LogP contribution in [0.15, 0.2) is 0 Å². The summed E-state index contributed by atoms with van der Waals surface area (Å²) in [6.45, 7) is 12.4. The van der Waals surface area contributed by atoms with Crippen molar-refractivity contribution in [3.05, 3.63) is 0 Å². The van der Waals surface area contributed by atoms with Gasteiger partial charge in [-0.2, -0.15) is 0 Å². The summed E-state index contributed by atoms with van der Waals surface area (Å²) in [5.74, 6) is 0. The molecule has 1 amide bonds. The summed E-state index contributed by atoms with van der Waals surface area (Å²) >= 11 is 0. The molecule has 0 spiro atoms. The van der Waals surface area contributed by atoms with Crippen molar-refractivity contribution in [2.45, 2.75) is 65.0 Å². The SMILES string of the molecule is CC1(CNC2CCCOC2)CCN(C(=O)OC(C)(C)C)CC1. The van der Waals surface area contributed by atoms with Crippen LogP contribution in [0, 0.1) is 5.41 Å². The average molecular weight is 312 g/mol. The van der Waals surface area contributed by atoms with Crippen LogP contribution in [0.25, 0.3) is 0 Å². The molecule has 2 saturated heterocycles. The van der Waals surface area contributed by atoms with Crippen LogP contribution in [0.3, 0.4) is 0 Å². The van der Waals surface area contributed by atoms with E-state index in [1.165, 1.54) is 6.42 Å². The monoisotopic (exact) mass is 312 g/mol. The first kappa shape index (κ1) is 17.5. The van der Waals surface area contributed by atoms with Gasteiger partial charge in [0.1, 0.15) is 5.60 Å². The highest BCUT2D eigenvalue weighted by Crippen LogP contribution is 2.31. The van der Waals surface area contributed by atoms with Crippen LogP contribution < -0.4 is 5.32 Å². The Morgan fingerprint density at radius 2 is 2.05 bits per heavy atom. The van der Waals surface area contributed by atoms with Crippen molar-refractivity contribution in [2.24, 2.45) is 5.41 Å². The third-order valence-corrected chi connectivity index (χ3v) is 4.60. The van der Waals surface area contributed by atoms with Gasteiger partial charge in [0.05, 0.1) is 6.61 Å². The summed E-state index contributed by atoms with van der Waals surface area (Å²) < 4.78 is 11.0. The van der Waals surface area contributed by atoms with E-state index in [2.05, 4.69) is 12.2 Å². The van der Waals surface area contributed by atoms with Crippen LogP contribution >= 0.6 is 0 Å². The number of rotatable bonds is 3. The minimum absolute atomic E-state index is 0.178. The second-order valence-electron chi connectivity index (χ2n) is 8.07. The summed E-state index contributed by atoms with van der Waals surface area (Å²) in [6, 6.07) is 0.495. The first-order chi connectivity index (χ1) is 10.3. The van der Waals surface area contributed by atoms with E-state index in [1.807, 2.05) is 25.7 Å². The second-order valence-corrected chi connectivity index (χ2v) is 8.07. The Bertz CT molecular complexity index is 365. The van der Waals surface area contributed by atoms with Gasteiger partial charge in [-0.3, -0.25) is 0 Å². The van der Waals surface area contributed by atoms with Crippen molar-refractivity contribution in [1.82, 2.24) is 10.2 Å². The number of likely N-dealkylation sites (tertiary alicyclic amines) is 1. The van der Waals surface area contributed by atoms with Crippen LogP contribution in [0.1, 0.15) is 53.4 Å².